The van der Waals surface area contributed by atoms with Crippen LogP contribution in [0.1, 0.15) is 30.1 Å². The van der Waals surface area contributed by atoms with Crippen LogP contribution in [0, 0.1) is 5.82 Å². The van der Waals surface area contributed by atoms with E-state index >= 15 is 0 Å². The van der Waals surface area contributed by atoms with E-state index in [-0.39, 0.29) is 10.7 Å². The molecule has 3 rings (SSSR count). The van der Waals surface area contributed by atoms with Crippen LogP contribution in [0.25, 0.3) is 10.6 Å². The lowest BCUT2D eigenvalue weighted by Crippen LogP contribution is -2.32. The molecule has 2 aromatic heterocycles. The zero-order chi connectivity index (χ0) is 20.1. The van der Waals surface area contributed by atoms with Crippen molar-refractivity contribution in [2.75, 3.05) is 18.6 Å². The second-order valence-electron chi connectivity index (χ2n) is 5.90. The molecule has 9 heteroatoms. The Morgan fingerprint density at radius 1 is 1.29 bits per heavy atom. The lowest BCUT2D eigenvalue weighted by atomic mass is 10.2. The maximum Gasteiger partial charge on any atom is 0.263 e. The van der Waals surface area contributed by atoms with Gasteiger partial charge in [0.1, 0.15) is 16.0 Å². The molecule has 0 unspecified atom stereocenters. The normalized spacial score (nSPS) is 10.7. The number of anilines is 1. The summed E-state index contributed by atoms with van der Waals surface area (Å²) in [7, 11) is 1.49. The summed E-state index contributed by atoms with van der Waals surface area (Å²) in [5.74, 6) is -0.659. The molecule has 28 heavy (non-hydrogen) atoms. The molecule has 0 saturated carbocycles. The van der Waals surface area contributed by atoms with Crippen LogP contribution in [0.4, 0.5) is 9.52 Å². The highest BCUT2D eigenvalue weighted by Gasteiger charge is 2.24. The molecule has 1 aromatic carbocycles. The Bertz CT molecular complexity index is 982. The zero-order valence-electron chi connectivity index (χ0n) is 15.4. The van der Waals surface area contributed by atoms with Gasteiger partial charge in [-0.3, -0.25) is 9.69 Å². The quantitative estimate of drug-likeness (QED) is 0.511. The molecule has 0 fully saturated rings. The van der Waals surface area contributed by atoms with E-state index in [1.807, 2.05) is 6.92 Å². The number of amides is 1. The first-order valence-electron chi connectivity index (χ1n) is 8.65. The minimum atomic E-state index is -0.565. The van der Waals surface area contributed by atoms with Crippen LogP contribution in [-0.2, 0) is 0 Å². The van der Waals surface area contributed by atoms with Gasteiger partial charge < -0.3 is 4.74 Å². The standard InChI is InChI=1S/C19H18ClFN4O2S/c1-3-4-9-25(18(26)13-7-5-6-8-14(13)21)19-24-23-17(28-19)12-10-15(20)22-16(11-12)27-2/h5-8,10-11H,3-4,9H2,1-2H3. The van der Waals surface area contributed by atoms with E-state index in [1.165, 1.54) is 35.5 Å². The first-order valence-corrected chi connectivity index (χ1v) is 9.84. The number of unbranched alkanes of at least 4 members (excludes halogenated alkanes) is 1. The summed E-state index contributed by atoms with van der Waals surface area (Å²) < 4.78 is 19.2. The number of methoxy groups -OCH3 is 1. The third-order valence-corrected chi connectivity index (χ3v) is 5.15. The number of rotatable bonds is 7. The van der Waals surface area contributed by atoms with Crippen molar-refractivity contribution in [2.45, 2.75) is 19.8 Å². The van der Waals surface area contributed by atoms with Gasteiger partial charge in [0.15, 0.2) is 0 Å². The average Bonchev–Trinajstić information content (AvgIpc) is 3.18. The Morgan fingerprint density at radius 2 is 2.07 bits per heavy atom. The topological polar surface area (TPSA) is 68.2 Å². The highest BCUT2D eigenvalue weighted by molar-refractivity contribution is 7.18. The molecule has 6 nitrogen and oxygen atoms in total. The molecule has 0 spiro atoms. The van der Waals surface area contributed by atoms with Crippen molar-refractivity contribution >= 4 is 34.0 Å². The zero-order valence-corrected chi connectivity index (χ0v) is 16.9. The van der Waals surface area contributed by atoms with Crippen molar-refractivity contribution < 1.29 is 13.9 Å². The van der Waals surface area contributed by atoms with Gasteiger partial charge in [0.25, 0.3) is 5.91 Å². The van der Waals surface area contributed by atoms with E-state index in [2.05, 4.69) is 15.2 Å². The van der Waals surface area contributed by atoms with Gasteiger partial charge in [-0.2, -0.15) is 0 Å². The molecule has 0 saturated heterocycles. The first kappa shape index (κ1) is 20.2. The third-order valence-electron chi connectivity index (χ3n) is 3.96. The molecule has 3 aromatic rings. The number of benzene rings is 1. The van der Waals surface area contributed by atoms with Crippen LogP contribution in [-0.4, -0.2) is 34.7 Å². The van der Waals surface area contributed by atoms with Gasteiger partial charge in [-0.25, -0.2) is 9.37 Å². The fourth-order valence-corrected chi connectivity index (χ4v) is 3.58. The third kappa shape index (κ3) is 4.45. The van der Waals surface area contributed by atoms with Crippen molar-refractivity contribution in [1.82, 2.24) is 15.2 Å². The van der Waals surface area contributed by atoms with E-state index in [0.29, 0.717) is 28.1 Å². The molecule has 0 aliphatic carbocycles. The van der Waals surface area contributed by atoms with Crippen molar-refractivity contribution in [2.24, 2.45) is 0 Å². The predicted molar refractivity (Wildman–Crippen MR) is 108 cm³/mol. The second kappa shape index (κ2) is 9.07. The average molecular weight is 421 g/mol. The summed E-state index contributed by atoms with van der Waals surface area (Å²) in [6.45, 7) is 2.43. The smallest absolute Gasteiger partial charge is 0.263 e. The monoisotopic (exact) mass is 420 g/mol. The Kier molecular flexibility index (Phi) is 6.53. The Balaban J connectivity index is 1.95. The van der Waals surface area contributed by atoms with Gasteiger partial charge >= 0.3 is 0 Å². The summed E-state index contributed by atoms with van der Waals surface area (Å²) in [4.78, 5) is 18.4. The Morgan fingerprint density at radius 3 is 2.79 bits per heavy atom. The molecule has 1 amide bonds. The molecule has 0 bridgehead atoms. The fourth-order valence-electron chi connectivity index (χ4n) is 2.52. The molecular formula is C19H18ClFN4O2S. The number of ether oxygens (including phenoxy) is 1. The van der Waals surface area contributed by atoms with Gasteiger partial charge in [0.05, 0.1) is 12.7 Å². The van der Waals surface area contributed by atoms with Crippen molar-refractivity contribution in [3.05, 3.63) is 52.9 Å². The van der Waals surface area contributed by atoms with E-state index in [0.717, 1.165) is 12.8 Å². The summed E-state index contributed by atoms with van der Waals surface area (Å²) in [5, 5.41) is 9.53. The molecule has 146 valence electrons. The van der Waals surface area contributed by atoms with Crippen molar-refractivity contribution in [1.29, 1.82) is 0 Å². The minimum absolute atomic E-state index is 0.00368. The first-order chi connectivity index (χ1) is 13.5. The lowest BCUT2D eigenvalue weighted by molar-refractivity contribution is 0.0982. The van der Waals surface area contributed by atoms with Gasteiger partial charge in [0.2, 0.25) is 11.0 Å². The number of aromatic nitrogens is 3. The minimum Gasteiger partial charge on any atom is -0.481 e. The summed E-state index contributed by atoms with van der Waals surface area (Å²) in [6.07, 6.45) is 1.63. The number of hydrogen-bond donors (Lipinski definition) is 0. The molecule has 2 heterocycles. The Labute approximate surface area is 171 Å². The largest absolute Gasteiger partial charge is 0.481 e. The maximum atomic E-state index is 14.1. The van der Waals surface area contributed by atoms with Gasteiger partial charge in [-0.15, -0.1) is 10.2 Å². The summed E-state index contributed by atoms with van der Waals surface area (Å²) in [5.41, 5.74) is 0.679. The molecule has 0 aliphatic heterocycles. The van der Waals surface area contributed by atoms with Crippen LogP contribution in [0.15, 0.2) is 36.4 Å². The maximum absolute atomic E-state index is 14.1. The molecule has 0 radical (unpaired) electrons. The van der Waals surface area contributed by atoms with Crippen LogP contribution >= 0.6 is 22.9 Å². The van der Waals surface area contributed by atoms with Crippen LogP contribution in [0.5, 0.6) is 5.88 Å². The number of nitrogens with zero attached hydrogens (tertiary/aromatic N) is 4. The van der Waals surface area contributed by atoms with Crippen molar-refractivity contribution in [3.8, 4) is 16.5 Å². The molecule has 0 aliphatic rings. The highest BCUT2D eigenvalue weighted by Crippen LogP contribution is 2.32. The van der Waals surface area contributed by atoms with Crippen LogP contribution < -0.4 is 9.64 Å². The second-order valence-corrected chi connectivity index (χ2v) is 7.24. The SMILES string of the molecule is CCCCN(C(=O)c1ccccc1F)c1nnc(-c2cc(Cl)nc(OC)c2)s1. The van der Waals surface area contributed by atoms with Gasteiger partial charge in [-0.05, 0) is 24.6 Å². The van der Waals surface area contributed by atoms with Crippen LogP contribution in [0.2, 0.25) is 5.15 Å². The predicted octanol–water partition coefficient (Wildman–Crippen LogP) is 4.85. The lowest BCUT2D eigenvalue weighted by Gasteiger charge is -2.19. The summed E-state index contributed by atoms with van der Waals surface area (Å²) in [6, 6.07) is 9.24. The van der Waals surface area contributed by atoms with E-state index in [4.69, 9.17) is 16.3 Å². The number of carbonyl (C=O) groups is 1. The summed E-state index contributed by atoms with van der Waals surface area (Å²) >= 11 is 7.24. The van der Waals surface area contributed by atoms with E-state index in [1.54, 1.807) is 24.3 Å². The number of pyridine rings is 1. The molecular weight excluding hydrogens is 403 g/mol. The van der Waals surface area contributed by atoms with Crippen molar-refractivity contribution in [3.63, 3.8) is 0 Å². The number of carbonyl (C=O) groups excluding carboxylic acids is 1. The van der Waals surface area contributed by atoms with Gasteiger partial charge in [-0.1, -0.05) is 48.4 Å². The molecule has 0 atom stereocenters. The van der Waals surface area contributed by atoms with Crippen LogP contribution in [0.3, 0.4) is 0 Å². The van der Waals surface area contributed by atoms with Gasteiger partial charge in [0, 0.05) is 18.2 Å². The Hall–Kier alpha value is -2.58. The number of hydrogen-bond acceptors (Lipinski definition) is 6. The molecule has 0 N–H and O–H groups in total. The van der Waals surface area contributed by atoms with E-state index in [9.17, 15) is 9.18 Å². The fraction of sp³-hybridized carbons (Fsp3) is 0.263. The van der Waals surface area contributed by atoms with E-state index < -0.39 is 11.7 Å². The highest BCUT2D eigenvalue weighted by atomic mass is 35.5. The number of halogens is 2.